The number of hydrogen-bond donors (Lipinski definition) is 0. The molecule has 0 saturated heterocycles. The first-order valence-electron chi connectivity index (χ1n) is 9.38. The van der Waals surface area contributed by atoms with Crippen LogP contribution in [0.5, 0.6) is 11.5 Å². The van der Waals surface area contributed by atoms with E-state index in [0.29, 0.717) is 34.2 Å². The second-order valence-electron chi connectivity index (χ2n) is 7.11. The van der Waals surface area contributed by atoms with Gasteiger partial charge in [-0.1, -0.05) is 23.7 Å². The summed E-state index contributed by atoms with van der Waals surface area (Å²) < 4.78 is 26.0. The average molecular weight is 423 g/mol. The first-order chi connectivity index (χ1) is 14.6. The Kier molecular flexibility index (Phi) is 4.73. The summed E-state index contributed by atoms with van der Waals surface area (Å²) in [5, 5.41) is 0.368. The number of carbonyl (C=O) groups excluding carboxylic acids is 1. The van der Waals surface area contributed by atoms with Crippen LogP contribution in [0.1, 0.15) is 27.0 Å². The molecule has 0 N–H and O–H groups in total. The minimum atomic E-state index is -0.361. The standard InChI is InChI=1S/C23H16ClFN2O3/c24-18-4-1-5-19(25)16(18)11-27-12-17-20(29-13-27)7-6-15-22(28)21(30-23(15)17)9-14-3-2-8-26-10-14/h1-10H,11-13H2/b21-9-. The third kappa shape index (κ3) is 3.34. The number of pyridine rings is 1. The lowest BCUT2D eigenvalue weighted by atomic mass is 10.0. The fourth-order valence-corrected chi connectivity index (χ4v) is 3.85. The van der Waals surface area contributed by atoms with Gasteiger partial charge in [0.15, 0.2) is 5.76 Å². The number of hydrogen-bond acceptors (Lipinski definition) is 5. The fourth-order valence-electron chi connectivity index (χ4n) is 3.63. The molecule has 0 saturated carbocycles. The molecule has 5 rings (SSSR count). The molecule has 0 bridgehead atoms. The van der Waals surface area contributed by atoms with Crippen LogP contribution in [0.4, 0.5) is 4.39 Å². The Hall–Kier alpha value is -3.22. The lowest BCUT2D eigenvalue weighted by Gasteiger charge is -2.30. The summed E-state index contributed by atoms with van der Waals surface area (Å²) in [5.74, 6) is 0.823. The molecule has 0 radical (unpaired) electrons. The summed E-state index contributed by atoms with van der Waals surface area (Å²) in [4.78, 5) is 18.8. The SMILES string of the molecule is O=C1/C(=C/c2cccnc2)Oc2c1ccc1c2CN(Cc2c(F)cccc2Cl)CO1. The molecule has 7 heteroatoms. The number of fused-ring (bicyclic) bond motifs is 3. The molecular formula is C23H16ClFN2O3. The van der Waals surface area contributed by atoms with Crippen molar-refractivity contribution in [2.45, 2.75) is 13.1 Å². The highest BCUT2D eigenvalue weighted by Gasteiger charge is 2.33. The van der Waals surface area contributed by atoms with Crippen LogP contribution in [0.15, 0.2) is 60.6 Å². The largest absolute Gasteiger partial charge is 0.478 e. The number of halogens is 2. The number of aromatic nitrogens is 1. The van der Waals surface area contributed by atoms with Gasteiger partial charge in [0.25, 0.3) is 0 Å². The Labute approximate surface area is 177 Å². The number of benzene rings is 2. The van der Waals surface area contributed by atoms with E-state index >= 15 is 0 Å². The van der Waals surface area contributed by atoms with Crippen molar-refractivity contribution in [3.8, 4) is 11.5 Å². The number of rotatable bonds is 3. The van der Waals surface area contributed by atoms with Gasteiger partial charge >= 0.3 is 0 Å². The average Bonchev–Trinajstić information content (AvgIpc) is 3.07. The van der Waals surface area contributed by atoms with E-state index in [2.05, 4.69) is 4.98 Å². The second kappa shape index (κ2) is 7.55. The van der Waals surface area contributed by atoms with E-state index in [1.54, 1.807) is 48.8 Å². The highest BCUT2D eigenvalue weighted by atomic mass is 35.5. The van der Waals surface area contributed by atoms with Gasteiger partial charge in [-0.15, -0.1) is 0 Å². The number of allylic oxidation sites excluding steroid dienone is 1. The Balaban J connectivity index is 1.44. The van der Waals surface area contributed by atoms with Crippen molar-refractivity contribution in [2.75, 3.05) is 6.73 Å². The lowest BCUT2D eigenvalue weighted by molar-refractivity contribution is 0.0863. The van der Waals surface area contributed by atoms with Gasteiger partial charge in [0.2, 0.25) is 5.78 Å². The highest BCUT2D eigenvalue weighted by molar-refractivity contribution is 6.31. The van der Waals surface area contributed by atoms with Crippen molar-refractivity contribution in [3.63, 3.8) is 0 Å². The van der Waals surface area contributed by atoms with Gasteiger partial charge in [0.1, 0.15) is 24.0 Å². The van der Waals surface area contributed by atoms with Gasteiger partial charge in [0.05, 0.1) is 11.1 Å². The molecule has 5 nitrogen and oxygen atoms in total. The number of carbonyl (C=O) groups is 1. The summed E-state index contributed by atoms with van der Waals surface area (Å²) in [5.41, 5.74) is 2.43. The molecule has 1 aromatic heterocycles. The van der Waals surface area contributed by atoms with Crippen molar-refractivity contribution in [1.29, 1.82) is 0 Å². The van der Waals surface area contributed by atoms with E-state index in [4.69, 9.17) is 21.1 Å². The fraction of sp³-hybridized carbons (Fsp3) is 0.130. The van der Waals surface area contributed by atoms with E-state index in [1.807, 2.05) is 11.0 Å². The molecule has 0 unspecified atom stereocenters. The minimum Gasteiger partial charge on any atom is -0.478 e. The Morgan fingerprint density at radius 1 is 1.20 bits per heavy atom. The van der Waals surface area contributed by atoms with Crippen molar-refractivity contribution in [3.05, 3.63) is 93.7 Å². The number of ketones is 1. The zero-order valence-corrected chi connectivity index (χ0v) is 16.5. The van der Waals surface area contributed by atoms with E-state index in [1.165, 1.54) is 6.07 Å². The van der Waals surface area contributed by atoms with Gasteiger partial charge in [-0.3, -0.25) is 14.7 Å². The Morgan fingerprint density at radius 2 is 2.10 bits per heavy atom. The van der Waals surface area contributed by atoms with E-state index in [9.17, 15) is 9.18 Å². The quantitative estimate of drug-likeness (QED) is 0.565. The molecule has 0 amide bonds. The molecule has 2 aliphatic rings. The van der Waals surface area contributed by atoms with E-state index in [0.717, 1.165) is 11.1 Å². The second-order valence-corrected chi connectivity index (χ2v) is 7.51. The van der Waals surface area contributed by atoms with Crippen LogP contribution in [0.3, 0.4) is 0 Å². The molecule has 3 aromatic rings. The molecule has 2 aromatic carbocycles. The zero-order valence-electron chi connectivity index (χ0n) is 15.8. The number of ether oxygens (including phenoxy) is 2. The van der Waals surface area contributed by atoms with Crippen LogP contribution < -0.4 is 9.47 Å². The molecule has 0 atom stereocenters. The summed E-state index contributed by atoms with van der Waals surface area (Å²) in [6.07, 6.45) is 4.99. The summed E-state index contributed by atoms with van der Waals surface area (Å²) in [6, 6.07) is 11.7. The maximum Gasteiger partial charge on any atom is 0.231 e. The first-order valence-corrected chi connectivity index (χ1v) is 9.76. The summed E-state index contributed by atoms with van der Waals surface area (Å²) >= 11 is 6.17. The molecule has 0 fully saturated rings. The van der Waals surface area contributed by atoms with Crippen molar-refractivity contribution < 1.29 is 18.7 Å². The zero-order chi connectivity index (χ0) is 20.7. The Morgan fingerprint density at radius 3 is 2.90 bits per heavy atom. The monoisotopic (exact) mass is 422 g/mol. The van der Waals surface area contributed by atoms with Gasteiger partial charge in [0, 0.05) is 36.1 Å². The number of nitrogens with zero attached hydrogens (tertiary/aromatic N) is 2. The third-order valence-electron chi connectivity index (χ3n) is 5.11. The Bertz CT molecular complexity index is 1160. The van der Waals surface area contributed by atoms with Gasteiger partial charge in [-0.2, -0.15) is 0 Å². The van der Waals surface area contributed by atoms with Gasteiger partial charge in [-0.05, 0) is 42.0 Å². The lowest BCUT2D eigenvalue weighted by Crippen LogP contribution is -2.32. The van der Waals surface area contributed by atoms with Crippen LogP contribution in [-0.4, -0.2) is 22.4 Å². The highest BCUT2D eigenvalue weighted by Crippen LogP contribution is 2.42. The smallest absolute Gasteiger partial charge is 0.231 e. The predicted octanol–water partition coefficient (Wildman–Crippen LogP) is 4.84. The molecule has 3 heterocycles. The number of Topliss-reactive ketones (excluding diaryl/α,β-unsaturated/α-hetero) is 1. The normalized spacial score (nSPS) is 16.7. The molecule has 2 aliphatic heterocycles. The molecular weight excluding hydrogens is 407 g/mol. The van der Waals surface area contributed by atoms with Crippen LogP contribution in [0.25, 0.3) is 6.08 Å². The molecule has 150 valence electrons. The summed E-state index contributed by atoms with van der Waals surface area (Å²) in [6.45, 7) is 1.00. The van der Waals surface area contributed by atoms with Gasteiger partial charge < -0.3 is 9.47 Å². The molecule has 30 heavy (non-hydrogen) atoms. The van der Waals surface area contributed by atoms with E-state index < -0.39 is 0 Å². The molecule has 0 spiro atoms. The van der Waals surface area contributed by atoms with Crippen LogP contribution >= 0.6 is 11.6 Å². The van der Waals surface area contributed by atoms with Crippen molar-refractivity contribution in [2.24, 2.45) is 0 Å². The van der Waals surface area contributed by atoms with Crippen LogP contribution in [-0.2, 0) is 13.1 Å². The minimum absolute atomic E-state index is 0.189. The topological polar surface area (TPSA) is 51.7 Å². The third-order valence-corrected chi connectivity index (χ3v) is 5.46. The summed E-state index contributed by atoms with van der Waals surface area (Å²) in [7, 11) is 0. The maximum absolute atomic E-state index is 14.2. The van der Waals surface area contributed by atoms with Crippen molar-refractivity contribution >= 4 is 23.5 Å². The van der Waals surface area contributed by atoms with Crippen LogP contribution in [0, 0.1) is 5.82 Å². The maximum atomic E-state index is 14.2. The van der Waals surface area contributed by atoms with Crippen molar-refractivity contribution in [1.82, 2.24) is 9.88 Å². The predicted molar refractivity (Wildman–Crippen MR) is 110 cm³/mol. The van der Waals surface area contributed by atoms with E-state index in [-0.39, 0.29) is 30.6 Å². The molecule has 0 aliphatic carbocycles. The van der Waals surface area contributed by atoms with Crippen LogP contribution in [0.2, 0.25) is 5.02 Å². The van der Waals surface area contributed by atoms with Gasteiger partial charge in [-0.25, -0.2) is 4.39 Å². The first kappa shape index (κ1) is 18.8.